The highest BCUT2D eigenvalue weighted by Gasteiger charge is 2.27. The van der Waals surface area contributed by atoms with Gasteiger partial charge in [-0.15, -0.1) is 0 Å². The van der Waals surface area contributed by atoms with Crippen LogP contribution in [0.2, 0.25) is 5.02 Å². The van der Waals surface area contributed by atoms with E-state index in [9.17, 15) is 9.59 Å². The molecule has 0 unspecified atom stereocenters. The van der Waals surface area contributed by atoms with Crippen molar-refractivity contribution >= 4 is 48.9 Å². The average Bonchev–Trinajstić information content (AvgIpc) is 3.55. The van der Waals surface area contributed by atoms with Crippen LogP contribution in [0.1, 0.15) is 53.5 Å². The summed E-state index contributed by atoms with van der Waals surface area (Å²) in [6, 6.07) is 35.8. The molecule has 0 aliphatic heterocycles. The van der Waals surface area contributed by atoms with Crippen LogP contribution in [0.3, 0.4) is 0 Å². The number of benzene rings is 4. The van der Waals surface area contributed by atoms with E-state index in [1.54, 1.807) is 37.4 Å². The maximum Gasteiger partial charge on any atom is 0.283 e. The molecular formula is C39H39ClN3O3Si. The van der Waals surface area contributed by atoms with Gasteiger partial charge in [0.15, 0.2) is 0 Å². The van der Waals surface area contributed by atoms with E-state index >= 15 is 0 Å². The normalized spacial score (nSPS) is 11.6. The zero-order valence-corrected chi connectivity index (χ0v) is 28.8. The highest BCUT2D eigenvalue weighted by atomic mass is 35.5. The van der Waals surface area contributed by atoms with Gasteiger partial charge in [0.1, 0.15) is 0 Å². The molecule has 0 spiro atoms. The Bertz CT molecular complexity index is 1810. The van der Waals surface area contributed by atoms with Crippen molar-refractivity contribution in [1.82, 2.24) is 15.2 Å². The third-order valence-electron chi connectivity index (χ3n) is 7.78. The first-order valence-corrected chi connectivity index (χ1v) is 17.3. The van der Waals surface area contributed by atoms with E-state index in [0.29, 0.717) is 23.7 Å². The smallest absolute Gasteiger partial charge is 0.283 e. The van der Waals surface area contributed by atoms with Crippen molar-refractivity contribution in [2.45, 2.75) is 39.3 Å². The summed E-state index contributed by atoms with van der Waals surface area (Å²) in [4.78, 5) is 24.6. The first-order chi connectivity index (χ1) is 22.7. The van der Waals surface area contributed by atoms with Gasteiger partial charge >= 0.3 is 0 Å². The van der Waals surface area contributed by atoms with Crippen LogP contribution >= 0.6 is 11.6 Å². The van der Waals surface area contributed by atoms with E-state index in [-0.39, 0.29) is 17.2 Å². The number of hydrogen-bond donors (Lipinski definition) is 2. The number of nitrogens with one attached hydrogen (secondary N) is 2. The molecule has 4 aromatic carbocycles. The predicted octanol–water partition coefficient (Wildman–Crippen LogP) is 6.44. The van der Waals surface area contributed by atoms with Crippen molar-refractivity contribution in [3.05, 3.63) is 154 Å². The van der Waals surface area contributed by atoms with Crippen LogP contribution in [0.4, 0.5) is 0 Å². The van der Waals surface area contributed by atoms with Gasteiger partial charge < -0.3 is 19.6 Å². The fourth-order valence-corrected chi connectivity index (χ4v) is 7.95. The lowest BCUT2D eigenvalue weighted by Crippen LogP contribution is -2.44. The van der Waals surface area contributed by atoms with Crippen LogP contribution in [0.15, 0.2) is 121 Å². The number of hydrogen-bond acceptors (Lipinski definition) is 3. The van der Waals surface area contributed by atoms with E-state index < -0.39 is 9.04 Å². The van der Waals surface area contributed by atoms with Gasteiger partial charge in [0, 0.05) is 41.2 Å². The minimum Gasteiger partial charge on any atom is -0.403 e. The number of nitrogens with zero attached hydrogens (tertiary/aromatic N) is 1. The number of aromatic nitrogens is 1. The molecule has 8 heteroatoms. The summed E-state index contributed by atoms with van der Waals surface area (Å²) in [5.74, 6) is -0.374. The number of halogens is 1. The summed E-state index contributed by atoms with van der Waals surface area (Å²) in [6.45, 7) is 7.18. The molecule has 2 N–H and O–H groups in total. The van der Waals surface area contributed by atoms with Crippen molar-refractivity contribution in [1.29, 1.82) is 0 Å². The SMILES string of the molecule is CNC(=O)c1ccc(C=CC(=O)NCc2cccn2-c2ccc(Cl)c(C(C)(C)C)c2CO[Si](c2ccccc2)c2ccccc2)cc1. The van der Waals surface area contributed by atoms with E-state index in [2.05, 4.69) is 84.5 Å². The molecule has 1 aromatic heterocycles. The van der Waals surface area contributed by atoms with Crippen LogP contribution in [0, 0.1) is 0 Å². The standard InChI is InChI=1S/C39H39ClN3O3Si/c1-39(2,3)37-33(27-46-47(31-13-7-5-8-14-31)32-15-9-6-10-16-32)35(23-22-34(37)40)43-25-11-12-30(43)26-42-36(44)24-19-28-17-20-29(21-18-28)38(45)41-4/h5-25H,26-27H2,1-4H3,(H,41,45)(H,42,44). The second-order valence-corrected chi connectivity index (χ2v) is 14.7. The Kier molecular flexibility index (Phi) is 10.9. The number of rotatable bonds is 11. The zero-order valence-electron chi connectivity index (χ0n) is 27.1. The average molecular weight is 661 g/mol. The second-order valence-electron chi connectivity index (χ2n) is 12.1. The molecule has 0 saturated heterocycles. The fraction of sp³-hybridized carbons (Fsp3) is 0.179. The van der Waals surface area contributed by atoms with Crippen LogP contribution in [0.25, 0.3) is 11.8 Å². The van der Waals surface area contributed by atoms with E-state index in [0.717, 1.165) is 28.1 Å². The van der Waals surface area contributed by atoms with E-state index in [4.69, 9.17) is 16.0 Å². The van der Waals surface area contributed by atoms with Crippen molar-refractivity contribution in [3.8, 4) is 5.69 Å². The second kappa shape index (κ2) is 15.3. The number of carbonyl (C=O) groups excluding carboxylic acids is 2. The third-order valence-corrected chi connectivity index (χ3v) is 10.2. The van der Waals surface area contributed by atoms with Gasteiger partial charge in [-0.1, -0.05) is 105 Å². The first kappa shape index (κ1) is 33.7. The van der Waals surface area contributed by atoms with Gasteiger partial charge in [0.05, 0.1) is 18.8 Å². The monoisotopic (exact) mass is 660 g/mol. The summed E-state index contributed by atoms with van der Waals surface area (Å²) in [5.41, 5.74) is 5.07. The lowest BCUT2D eigenvalue weighted by molar-refractivity contribution is -0.116. The molecule has 1 radical (unpaired) electrons. The minimum absolute atomic E-state index is 0.153. The van der Waals surface area contributed by atoms with Crippen LogP contribution in [-0.2, 0) is 27.8 Å². The van der Waals surface area contributed by atoms with Gasteiger partial charge in [-0.2, -0.15) is 0 Å². The summed E-state index contributed by atoms with van der Waals surface area (Å²) in [7, 11) is 0.0327. The van der Waals surface area contributed by atoms with Crippen molar-refractivity contribution in [3.63, 3.8) is 0 Å². The molecule has 0 aliphatic carbocycles. The highest BCUT2D eigenvalue weighted by molar-refractivity contribution is 6.80. The number of amides is 2. The van der Waals surface area contributed by atoms with Crippen LogP contribution in [-0.4, -0.2) is 32.5 Å². The Hall–Kier alpha value is -4.69. The van der Waals surface area contributed by atoms with Gasteiger partial charge in [0.2, 0.25) is 5.91 Å². The molecule has 0 atom stereocenters. The van der Waals surface area contributed by atoms with Crippen molar-refractivity contribution in [2.75, 3.05) is 7.05 Å². The first-order valence-electron chi connectivity index (χ1n) is 15.5. The third kappa shape index (κ3) is 8.37. The van der Waals surface area contributed by atoms with E-state index in [1.165, 1.54) is 16.4 Å². The molecule has 47 heavy (non-hydrogen) atoms. The Morgan fingerprint density at radius 1 is 0.851 bits per heavy atom. The molecule has 2 amide bonds. The molecule has 0 aliphatic rings. The Balaban J connectivity index is 1.40. The summed E-state index contributed by atoms with van der Waals surface area (Å²) in [5, 5.41) is 8.65. The largest absolute Gasteiger partial charge is 0.403 e. The Morgan fingerprint density at radius 3 is 2.09 bits per heavy atom. The minimum atomic E-state index is -1.56. The predicted molar refractivity (Wildman–Crippen MR) is 193 cm³/mol. The fourth-order valence-electron chi connectivity index (χ4n) is 5.54. The van der Waals surface area contributed by atoms with Gasteiger partial charge in [-0.3, -0.25) is 9.59 Å². The van der Waals surface area contributed by atoms with Gasteiger partial charge in [-0.25, -0.2) is 0 Å². The molecular weight excluding hydrogens is 622 g/mol. The Labute approximate surface area is 283 Å². The van der Waals surface area contributed by atoms with E-state index in [1.807, 2.05) is 42.6 Å². The summed E-state index contributed by atoms with van der Waals surface area (Å²) in [6.07, 6.45) is 5.23. The van der Waals surface area contributed by atoms with Gasteiger partial charge in [-0.05, 0) is 69.4 Å². The molecule has 0 fully saturated rings. The van der Waals surface area contributed by atoms with Gasteiger partial charge in [0.25, 0.3) is 14.9 Å². The summed E-state index contributed by atoms with van der Waals surface area (Å²) < 4.78 is 9.00. The van der Waals surface area contributed by atoms with Crippen molar-refractivity contribution < 1.29 is 14.0 Å². The Morgan fingerprint density at radius 2 is 1.49 bits per heavy atom. The molecule has 239 valence electrons. The van der Waals surface area contributed by atoms with Crippen LogP contribution < -0.4 is 21.0 Å². The zero-order chi connectivity index (χ0) is 33.4. The lowest BCUT2D eigenvalue weighted by Gasteiger charge is -2.28. The molecule has 1 heterocycles. The highest BCUT2D eigenvalue weighted by Crippen LogP contribution is 2.37. The topological polar surface area (TPSA) is 72.4 Å². The number of carbonyl (C=O) groups is 2. The molecule has 0 bridgehead atoms. The molecule has 6 nitrogen and oxygen atoms in total. The lowest BCUT2D eigenvalue weighted by atomic mass is 9.83. The maximum absolute atomic E-state index is 12.8. The molecule has 5 aromatic rings. The molecule has 5 rings (SSSR count). The maximum atomic E-state index is 12.8. The van der Waals surface area contributed by atoms with Crippen molar-refractivity contribution in [2.24, 2.45) is 0 Å². The molecule has 0 saturated carbocycles. The quantitative estimate of drug-likeness (QED) is 0.127. The summed E-state index contributed by atoms with van der Waals surface area (Å²) >= 11 is 6.92. The van der Waals surface area contributed by atoms with Crippen LogP contribution in [0.5, 0.6) is 0 Å².